The van der Waals surface area contributed by atoms with Gasteiger partial charge in [0.15, 0.2) is 0 Å². The van der Waals surface area contributed by atoms with Gasteiger partial charge in [-0.3, -0.25) is 0 Å². The number of rotatable bonds is 4. The summed E-state index contributed by atoms with van der Waals surface area (Å²) < 4.78 is 13.7. The molecule has 0 fully saturated rings. The van der Waals surface area contributed by atoms with Crippen molar-refractivity contribution in [2.75, 3.05) is 17.7 Å². The van der Waals surface area contributed by atoms with Crippen LogP contribution in [-0.4, -0.2) is 18.1 Å². The Balaban J connectivity index is 2.29. The lowest BCUT2D eigenvalue weighted by Crippen LogP contribution is -2.18. The fourth-order valence-electron chi connectivity index (χ4n) is 1.82. The number of thiophene rings is 1. The van der Waals surface area contributed by atoms with Gasteiger partial charge in [-0.1, -0.05) is 0 Å². The summed E-state index contributed by atoms with van der Waals surface area (Å²) >= 11 is 1.58. The number of hydrogen-bond donors (Lipinski definition) is 2. The molecule has 0 aliphatic heterocycles. The van der Waals surface area contributed by atoms with Crippen LogP contribution in [0.1, 0.15) is 15.9 Å². The second-order valence-corrected chi connectivity index (χ2v) is 4.96. The first-order valence-corrected chi connectivity index (χ1v) is 6.48. The molecule has 0 saturated heterocycles. The number of carbonyl (C=O) groups is 1. The minimum atomic E-state index is -1.32. The van der Waals surface area contributed by atoms with E-state index in [9.17, 15) is 9.18 Å². The molecule has 0 aliphatic rings. The van der Waals surface area contributed by atoms with Gasteiger partial charge in [-0.2, -0.15) is 11.3 Å². The summed E-state index contributed by atoms with van der Waals surface area (Å²) in [5.41, 5.74) is 7.20. The van der Waals surface area contributed by atoms with E-state index in [1.165, 1.54) is 0 Å². The summed E-state index contributed by atoms with van der Waals surface area (Å²) in [7, 11) is 1.78. The van der Waals surface area contributed by atoms with E-state index in [-0.39, 0.29) is 5.69 Å². The van der Waals surface area contributed by atoms with Crippen LogP contribution in [0.2, 0.25) is 0 Å². The van der Waals surface area contributed by atoms with Crippen LogP contribution in [0.25, 0.3) is 0 Å². The molecular weight excluding hydrogens is 267 g/mol. The second-order valence-electron chi connectivity index (χ2n) is 4.18. The standard InChI is InChI=1S/C13H13FN2O2S/c1-16(6-8-2-3-19-7-8)12-5-10(14)9(13(17)18)4-11(12)15/h2-5,7H,6,15H2,1H3,(H,17,18). The van der Waals surface area contributed by atoms with Crippen LogP contribution in [0.15, 0.2) is 29.0 Å². The number of nitrogens with two attached hydrogens (primary N) is 1. The van der Waals surface area contributed by atoms with Gasteiger partial charge in [0.1, 0.15) is 5.82 Å². The van der Waals surface area contributed by atoms with Gasteiger partial charge in [-0.05, 0) is 28.5 Å². The maximum absolute atomic E-state index is 13.7. The minimum Gasteiger partial charge on any atom is -0.478 e. The number of nitrogen functional groups attached to an aromatic ring is 1. The molecule has 1 heterocycles. The van der Waals surface area contributed by atoms with Crippen molar-refractivity contribution in [2.24, 2.45) is 0 Å². The maximum Gasteiger partial charge on any atom is 0.338 e. The summed E-state index contributed by atoms with van der Waals surface area (Å²) in [4.78, 5) is 12.6. The molecule has 0 unspecified atom stereocenters. The molecule has 2 rings (SSSR count). The SMILES string of the molecule is CN(Cc1ccsc1)c1cc(F)c(C(=O)O)cc1N. The van der Waals surface area contributed by atoms with Crippen LogP contribution in [0, 0.1) is 5.82 Å². The van der Waals surface area contributed by atoms with E-state index in [4.69, 9.17) is 10.8 Å². The van der Waals surface area contributed by atoms with Gasteiger partial charge in [-0.15, -0.1) is 0 Å². The number of benzene rings is 1. The van der Waals surface area contributed by atoms with Crippen LogP contribution in [-0.2, 0) is 6.54 Å². The topological polar surface area (TPSA) is 66.6 Å². The molecule has 3 N–H and O–H groups in total. The highest BCUT2D eigenvalue weighted by molar-refractivity contribution is 7.07. The summed E-state index contributed by atoms with van der Waals surface area (Å²) in [6, 6.07) is 4.28. The summed E-state index contributed by atoms with van der Waals surface area (Å²) in [6.07, 6.45) is 0. The number of halogens is 1. The highest BCUT2D eigenvalue weighted by atomic mass is 32.1. The Hall–Kier alpha value is -2.08. The van der Waals surface area contributed by atoms with Crippen molar-refractivity contribution in [3.8, 4) is 0 Å². The third kappa shape index (κ3) is 2.85. The van der Waals surface area contributed by atoms with Crippen LogP contribution in [0.5, 0.6) is 0 Å². The smallest absolute Gasteiger partial charge is 0.338 e. The van der Waals surface area contributed by atoms with E-state index in [2.05, 4.69) is 0 Å². The molecule has 1 aromatic heterocycles. The molecule has 100 valence electrons. The number of carboxylic acid groups (broad SMARTS) is 1. The van der Waals surface area contributed by atoms with Gasteiger partial charge >= 0.3 is 5.97 Å². The van der Waals surface area contributed by atoms with Crippen molar-refractivity contribution in [3.05, 3.63) is 45.9 Å². The van der Waals surface area contributed by atoms with E-state index >= 15 is 0 Å². The largest absolute Gasteiger partial charge is 0.478 e. The molecule has 0 aliphatic carbocycles. The molecule has 0 amide bonds. The van der Waals surface area contributed by atoms with Gasteiger partial charge < -0.3 is 15.7 Å². The van der Waals surface area contributed by atoms with E-state index in [1.54, 1.807) is 23.3 Å². The first kappa shape index (κ1) is 13.4. The Kier molecular flexibility index (Phi) is 3.71. The molecule has 6 heteroatoms. The van der Waals surface area contributed by atoms with Gasteiger partial charge in [0, 0.05) is 19.7 Å². The zero-order valence-corrected chi connectivity index (χ0v) is 11.1. The lowest BCUT2D eigenvalue weighted by atomic mass is 10.1. The molecule has 1 aromatic carbocycles. The molecule has 0 atom stereocenters. The molecule has 0 saturated carbocycles. The van der Waals surface area contributed by atoms with E-state index < -0.39 is 17.3 Å². The number of anilines is 2. The second kappa shape index (κ2) is 5.27. The molecular formula is C13H13FN2O2S. The van der Waals surface area contributed by atoms with Crippen molar-refractivity contribution in [3.63, 3.8) is 0 Å². The third-order valence-corrected chi connectivity index (χ3v) is 3.49. The Morgan fingerprint density at radius 3 is 2.84 bits per heavy atom. The van der Waals surface area contributed by atoms with Gasteiger partial charge in [0.25, 0.3) is 0 Å². The average molecular weight is 280 g/mol. The summed E-state index contributed by atoms with van der Waals surface area (Å²) in [6.45, 7) is 0.583. The average Bonchev–Trinajstić information content (AvgIpc) is 2.83. The van der Waals surface area contributed by atoms with E-state index in [0.29, 0.717) is 12.2 Å². The van der Waals surface area contributed by atoms with E-state index in [1.807, 2.05) is 16.8 Å². The van der Waals surface area contributed by atoms with Gasteiger partial charge in [0.05, 0.1) is 16.9 Å². The van der Waals surface area contributed by atoms with Crippen molar-refractivity contribution in [1.29, 1.82) is 0 Å². The van der Waals surface area contributed by atoms with Crippen molar-refractivity contribution in [2.45, 2.75) is 6.54 Å². The number of nitrogens with zero attached hydrogens (tertiary/aromatic N) is 1. The zero-order valence-electron chi connectivity index (χ0n) is 10.3. The Morgan fingerprint density at radius 1 is 1.53 bits per heavy atom. The molecule has 2 aromatic rings. The predicted octanol–water partition coefficient (Wildman–Crippen LogP) is 2.80. The van der Waals surface area contributed by atoms with Crippen molar-refractivity contribution >= 4 is 28.7 Å². The van der Waals surface area contributed by atoms with E-state index in [0.717, 1.165) is 17.7 Å². The van der Waals surface area contributed by atoms with Gasteiger partial charge in [0.2, 0.25) is 0 Å². The number of hydrogen-bond acceptors (Lipinski definition) is 4. The lowest BCUT2D eigenvalue weighted by Gasteiger charge is -2.21. The minimum absolute atomic E-state index is 0.247. The highest BCUT2D eigenvalue weighted by Gasteiger charge is 2.15. The van der Waals surface area contributed by atoms with Crippen molar-refractivity contribution in [1.82, 2.24) is 0 Å². The fraction of sp³-hybridized carbons (Fsp3) is 0.154. The molecule has 0 spiro atoms. The number of aromatic carboxylic acids is 1. The Bertz CT molecular complexity index is 599. The molecule has 0 bridgehead atoms. The Morgan fingerprint density at radius 2 is 2.26 bits per heavy atom. The molecule has 19 heavy (non-hydrogen) atoms. The van der Waals surface area contributed by atoms with Crippen LogP contribution < -0.4 is 10.6 Å². The lowest BCUT2D eigenvalue weighted by molar-refractivity contribution is 0.0692. The zero-order chi connectivity index (χ0) is 14.0. The highest BCUT2D eigenvalue weighted by Crippen LogP contribution is 2.27. The van der Waals surface area contributed by atoms with Crippen molar-refractivity contribution < 1.29 is 14.3 Å². The van der Waals surface area contributed by atoms with Crippen LogP contribution >= 0.6 is 11.3 Å². The summed E-state index contributed by atoms with van der Waals surface area (Å²) in [5.74, 6) is -2.11. The maximum atomic E-state index is 13.7. The Labute approximate surface area is 113 Å². The quantitative estimate of drug-likeness (QED) is 0.845. The number of carboxylic acids is 1. The fourth-order valence-corrected chi connectivity index (χ4v) is 2.48. The van der Waals surface area contributed by atoms with Crippen LogP contribution in [0.3, 0.4) is 0 Å². The van der Waals surface area contributed by atoms with Gasteiger partial charge in [-0.25, -0.2) is 9.18 Å². The monoisotopic (exact) mass is 280 g/mol. The van der Waals surface area contributed by atoms with Crippen LogP contribution in [0.4, 0.5) is 15.8 Å². The summed E-state index contributed by atoms with van der Waals surface area (Å²) in [5, 5.41) is 12.8. The third-order valence-electron chi connectivity index (χ3n) is 2.76. The molecule has 0 radical (unpaired) electrons. The first-order valence-electron chi connectivity index (χ1n) is 5.53. The molecule has 4 nitrogen and oxygen atoms in total. The normalized spacial score (nSPS) is 10.4. The predicted molar refractivity (Wildman–Crippen MR) is 74.2 cm³/mol. The first-order chi connectivity index (χ1) is 8.99.